The fourth-order valence-electron chi connectivity index (χ4n) is 2.64. The van der Waals surface area contributed by atoms with Crippen LogP contribution in [-0.4, -0.2) is 35.5 Å². The summed E-state index contributed by atoms with van der Waals surface area (Å²) in [6.45, 7) is 13.1. The van der Waals surface area contributed by atoms with Crippen LogP contribution in [0.5, 0.6) is 0 Å². The van der Waals surface area contributed by atoms with Crippen LogP contribution in [-0.2, 0) is 9.59 Å². The van der Waals surface area contributed by atoms with E-state index in [1.807, 2.05) is 32.6 Å². The molecular weight excluding hydrogens is 278 g/mol. The molecule has 0 saturated carbocycles. The zero-order chi connectivity index (χ0) is 17.1. The minimum atomic E-state index is -0.148. The van der Waals surface area contributed by atoms with Crippen molar-refractivity contribution >= 4 is 17.5 Å². The van der Waals surface area contributed by atoms with Crippen molar-refractivity contribution in [2.45, 2.75) is 67.2 Å². The van der Waals surface area contributed by atoms with Crippen LogP contribution in [0.2, 0.25) is 0 Å². The molecule has 1 atom stereocenters. The lowest BCUT2D eigenvalue weighted by atomic mass is 9.92. The van der Waals surface area contributed by atoms with Crippen molar-refractivity contribution in [1.82, 2.24) is 10.3 Å². The lowest BCUT2D eigenvalue weighted by molar-refractivity contribution is -0.136. The zero-order valence-corrected chi connectivity index (χ0v) is 15.1. The predicted molar refractivity (Wildman–Crippen MR) is 91.6 cm³/mol. The third-order valence-corrected chi connectivity index (χ3v) is 3.93. The van der Waals surface area contributed by atoms with Crippen molar-refractivity contribution in [3.8, 4) is 0 Å². The third kappa shape index (κ3) is 7.05. The lowest BCUT2D eigenvalue weighted by Crippen LogP contribution is -2.42. The fourth-order valence-corrected chi connectivity index (χ4v) is 2.64. The highest BCUT2D eigenvalue weighted by atomic mass is 16.2. The summed E-state index contributed by atoms with van der Waals surface area (Å²) >= 11 is 0. The van der Waals surface area contributed by atoms with Gasteiger partial charge >= 0.3 is 0 Å². The van der Waals surface area contributed by atoms with E-state index in [0.29, 0.717) is 5.92 Å². The van der Waals surface area contributed by atoms with Gasteiger partial charge in [-0.3, -0.25) is 9.59 Å². The summed E-state index contributed by atoms with van der Waals surface area (Å²) in [7, 11) is 0. The molecule has 0 aromatic rings. The van der Waals surface area contributed by atoms with E-state index in [1.165, 1.54) is 6.92 Å². The van der Waals surface area contributed by atoms with Gasteiger partial charge in [-0.05, 0) is 26.2 Å². The smallest absolute Gasteiger partial charge is 0.236 e. The number of carbonyl (C=O) groups is 2. The van der Waals surface area contributed by atoms with Crippen LogP contribution in [0.25, 0.3) is 0 Å². The Morgan fingerprint density at radius 2 is 1.77 bits per heavy atom. The van der Waals surface area contributed by atoms with E-state index < -0.39 is 0 Å². The van der Waals surface area contributed by atoms with Gasteiger partial charge in [0, 0.05) is 37.6 Å². The summed E-state index contributed by atoms with van der Waals surface area (Å²) in [5.41, 5.74) is 3.43. The molecule has 1 saturated heterocycles. The van der Waals surface area contributed by atoms with Gasteiger partial charge in [0.2, 0.25) is 11.8 Å². The molecule has 0 aromatic carbocycles. The van der Waals surface area contributed by atoms with Crippen molar-refractivity contribution in [3.05, 3.63) is 0 Å². The number of nitrogens with one attached hydrogen (secondary N) is 1. The third-order valence-electron chi connectivity index (χ3n) is 3.93. The Labute approximate surface area is 135 Å². The summed E-state index contributed by atoms with van der Waals surface area (Å²) in [5, 5.41) is 4.10. The summed E-state index contributed by atoms with van der Waals surface area (Å²) in [4.78, 5) is 25.0. The highest BCUT2D eigenvalue weighted by molar-refractivity contribution is 5.86. The molecule has 1 aliphatic rings. The molecule has 5 nitrogen and oxygen atoms in total. The van der Waals surface area contributed by atoms with Crippen molar-refractivity contribution < 1.29 is 9.59 Å². The van der Waals surface area contributed by atoms with Crippen LogP contribution in [0.3, 0.4) is 0 Å². The molecule has 1 unspecified atom stereocenters. The van der Waals surface area contributed by atoms with Gasteiger partial charge < -0.3 is 4.90 Å². The van der Waals surface area contributed by atoms with Crippen molar-refractivity contribution in [2.75, 3.05) is 13.1 Å². The van der Waals surface area contributed by atoms with Crippen molar-refractivity contribution in [3.63, 3.8) is 0 Å². The fraction of sp³-hybridized carbons (Fsp3) is 0.824. The number of hydrazone groups is 1. The Balaban J connectivity index is 0.00000211. The molecule has 0 bridgehead atoms. The lowest BCUT2D eigenvalue weighted by Gasteiger charge is -2.33. The molecule has 128 valence electrons. The molecule has 1 fully saturated rings. The van der Waals surface area contributed by atoms with Crippen LogP contribution in [0.15, 0.2) is 5.10 Å². The number of hydrogen-bond acceptors (Lipinski definition) is 3. The van der Waals surface area contributed by atoms with E-state index in [2.05, 4.69) is 17.5 Å². The van der Waals surface area contributed by atoms with Crippen molar-refractivity contribution in [1.29, 1.82) is 0 Å². The van der Waals surface area contributed by atoms with Gasteiger partial charge in [-0.15, -0.1) is 0 Å². The number of amides is 2. The first kappa shape index (κ1) is 20.6. The van der Waals surface area contributed by atoms with E-state index in [1.54, 1.807) is 0 Å². The number of carbonyl (C=O) groups excluding carboxylic acids is 2. The van der Waals surface area contributed by atoms with Gasteiger partial charge in [0.1, 0.15) is 0 Å². The van der Waals surface area contributed by atoms with Crippen LogP contribution >= 0.6 is 0 Å². The zero-order valence-electron chi connectivity index (χ0n) is 15.1. The van der Waals surface area contributed by atoms with Gasteiger partial charge in [-0.2, -0.15) is 5.10 Å². The highest BCUT2D eigenvalue weighted by Gasteiger charge is 2.26. The molecule has 0 aliphatic carbocycles. The monoisotopic (exact) mass is 311 g/mol. The normalized spacial score (nSPS) is 17.4. The van der Waals surface area contributed by atoms with E-state index in [-0.39, 0.29) is 17.7 Å². The predicted octanol–water partition coefficient (Wildman–Crippen LogP) is 3.20. The number of nitrogens with zero attached hydrogens (tertiary/aromatic N) is 2. The Morgan fingerprint density at radius 1 is 1.23 bits per heavy atom. The number of rotatable bonds is 5. The molecule has 1 N–H and O–H groups in total. The van der Waals surface area contributed by atoms with Gasteiger partial charge in [-0.25, -0.2) is 5.43 Å². The van der Waals surface area contributed by atoms with Crippen LogP contribution in [0, 0.1) is 11.8 Å². The second-order valence-corrected chi connectivity index (χ2v) is 5.71. The maximum Gasteiger partial charge on any atom is 0.236 e. The van der Waals surface area contributed by atoms with Gasteiger partial charge in [0.15, 0.2) is 0 Å². The molecular formula is C17H33N3O2. The average molecular weight is 311 g/mol. The van der Waals surface area contributed by atoms with E-state index in [4.69, 9.17) is 0 Å². The second-order valence-electron chi connectivity index (χ2n) is 5.71. The molecule has 2 amide bonds. The molecule has 0 spiro atoms. The summed E-state index contributed by atoms with van der Waals surface area (Å²) in [5.74, 6) is 0.630. The Morgan fingerprint density at radius 3 is 2.23 bits per heavy atom. The molecule has 0 radical (unpaired) electrons. The van der Waals surface area contributed by atoms with Gasteiger partial charge in [0.25, 0.3) is 0 Å². The number of hydrogen-bond donors (Lipinski definition) is 1. The van der Waals surface area contributed by atoms with Crippen LogP contribution in [0.1, 0.15) is 67.2 Å². The standard InChI is InChI=1S/C15H27N3O2.C2H6/c1-5-6-11(2)15(20)18-9-7-14(8-10-18)12(3)16-17-13(4)19;1-2/h11,14H,5-10H2,1-4H3,(H,17,19);1-2H3/b16-12+;. The first-order chi connectivity index (χ1) is 10.5. The van der Waals surface area contributed by atoms with E-state index in [0.717, 1.165) is 44.5 Å². The molecule has 5 heteroatoms. The largest absolute Gasteiger partial charge is 0.342 e. The maximum absolute atomic E-state index is 12.2. The first-order valence-corrected chi connectivity index (χ1v) is 8.55. The molecule has 1 heterocycles. The minimum Gasteiger partial charge on any atom is -0.342 e. The quantitative estimate of drug-likeness (QED) is 0.626. The Hall–Kier alpha value is -1.39. The minimum absolute atomic E-state index is 0.130. The van der Waals surface area contributed by atoms with E-state index >= 15 is 0 Å². The second kappa shape index (κ2) is 11.2. The molecule has 22 heavy (non-hydrogen) atoms. The summed E-state index contributed by atoms with van der Waals surface area (Å²) in [6.07, 6.45) is 3.87. The first-order valence-electron chi connectivity index (χ1n) is 8.55. The number of piperidine rings is 1. The topological polar surface area (TPSA) is 61.8 Å². The average Bonchev–Trinajstić information content (AvgIpc) is 2.54. The molecule has 1 rings (SSSR count). The SMILES string of the molecule is CC.CCCC(C)C(=O)N1CCC(/C(C)=N/NC(C)=O)CC1. The molecule has 0 aromatic heterocycles. The van der Waals surface area contributed by atoms with Crippen LogP contribution < -0.4 is 5.43 Å². The van der Waals surface area contributed by atoms with Gasteiger partial charge in [0.05, 0.1) is 0 Å². The maximum atomic E-state index is 12.2. The highest BCUT2D eigenvalue weighted by Crippen LogP contribution is 2.21. The Bertz CT molecular complexity index is 372. The van der Waals surface area contributed by atoms with E-state index in [9.17, 15) is 9.59 Å². The van der Waals surface area contributed by atoms with Gasteiger partial charge in [-0.1, -0.05) is 34.1 Å². The van der Waals surface area contributed by atoms with Crippen molar-refractivity contribution in [2.24, 2.45) is 16.9 Å². The molecule has 1 aliphatic heterocycles. The summed E-state index contributed by atoms with van der Waals surface area (Å²) in [6, 6.07) is 0. The summed E-state index contributed by atoms with van der Waals surface area (Å²) < 4.78 is 0. The Kier molecular flexibility index (Phi) is 10.5. The number of likely N-dealkylation sites (tertiary alicyclic amines) is 1. The van der Waals surface area contributed by atoms with Crippen LogP contribution in [0.4, 0.5) is 0 Å².